The van der Waals surface area contributed by atoms with Gasteiger partial charge in [0.15, 0.2) is 11.6 Å². The van der Waals surface area contributed by atoms with Crippen LogP contribution in [0.25, 0.3) is 11.3 Å². The van der Waals surface area contributed by atoms with Gasteiger partial charge in [-0.05, 0) is 31.0 Å². The van der Waals surface area contributed by atoms with E-state index in [1.807, 2.05) is 19.9 Å². The molecule has 1 aromatic heterocycles. The van der Waals surface area contributed by atoms with Gasteiger partial charge in [0, 0.05) is 5.56 Å². The van der Waals surface area contributed by atoms with E-state index in [0.29, 0.717) is 5.69 Å². The van der Waals surface area contributed by atoms with Crippen LogP contribution in [0.4, 0.5) is 11.6 Å². The molecule has 5 heteroatoms. The van der Waals surface area contributed by atoms with Crippen molar-refractivity contribution in [3.8, 4) is 17.0 Å². The lowest BCUT2D eigenvalue weighted by molar-refractivity contribution is 0.415. The number of rotatable bonds is 2. The first kappa shape index (κ1) is 12.2. The van der Waals surface area contributed by atoms with Crippen molar-refractivity contribution in [2.24, 2.45) is 0 Å². The van der Waals surface area contributed by atoms with Crippen molar-refractivity contribution in [3.63, 3.8) is 0 Å². The third kappa shape index (κ3) is 2.07. The number of nitrogen functional groups attached to an aromatic ring is 2. The molecule has 5 nitrogen and oxygen atoms in total. The Bertz CT molecular complexity index is 596. The summed E-state index contributed by atoms with van der Waals surface area (Å²) in [5.41, 5.74) is 15.0. The fraction of sp³-hybridized carbons (Fsp3) is 0.231. The highest BCUT2D eigenvalue weighted by molar-refractivity contribution is 5.73. The first-order valence-corrected chi connectivity index (χ1v) is 5.56. The average molecular weight is 244 g/mol. The lowest BCUT2D eigenvalue weighted by atomic mass is 10.0. The molecule has 94 valence electrons. The Kier molecular flexibility index (Phi) is 3.06. The topological polar surface area (TPSA) is 87.0 Å². The summed E-state index contributed by atoms with van der Waals surface area (Å²) in [6, 6.07) is 4.02. The first-order chi connectivity index (χ1) is 8.52. The molecule has 0 amide bonds. The van der Waals surface area contributed by atoms with Crippen LogP contribution >= 0.6 is 0 Å². The maximum Gasteiger partial charge on any atom is 0.166 e. The molecule has 0 atom stereocenters. The van der Waals surface area contributed by atoms with Crippen molar-refractivity contribution in [3.05, 3.63) is 29.5 Å². The number of hydrogen-bond donors (Lipinski definition) is 2. The van der Waals surface area contributed by atoms with Crippen LogP contribution in [0.5, 0.6) is 5.75 Å². The molecule has 0 bridgehead atoms. The van der Waals surface area contributed by atoms with E-state index in [1.54, 1.807) is 13.3 Å². The second kappa shape index (κ2) is 4.52. The van der Waals surface area contributed by atoms with Crippen LogP contribution in [0, 0.1) is 13.8 Å². The Morgan fingerprint density at radius 3 is 2.44 bits per heavy atom. The van der Waals surface area contributed by atoms with Crippen LogP contribution in [0.2, 0.25) is 0 Å². The highest BCUT2D eigenvalue weighted by Gasteiger charge is 2.13. The van der Waals surface area contributed by atoms with Crippen LogP contribution in [0.1, 0.15) is 11.1 Å². The van der Waals surface area contributed by atoms with Crippen molar-refractivity contribution >= 4 is 11.6 Å². The highest BCUT2D eigenvalue weighted by atomic mass is 16.5. The van der Waals surface area contributed by atoms with Crippen LogP contribution in [-0.4, -0.2) is 17.1 Å². The lowest BCUT2D eigenvalue weighted by Gasteiger charge is -2.13. The zero-order valence-electron chi connectivity index (χ0n) is 10.7. The molecule has 2 aromatic rings. The second-order valence-corrected chi connectivity index (χ2v) is 4.18. The van der Waals surface area contributed by atoms with Crippen molar-refractivity contribution in [2.45, 2.75) is 13.8 Å². The zero-order chi connectivity index (χ0) is 13.3. The maximum absolute atomic E-state index is 5.69. The van der Waals surface area contributed by atoms with Gasteiger partial charge in [0.25, 0.3) is 0 Å². The fourth-order valence-corrected chi connectivity index (χ4v) is 1.95. The third-order valence-corrected chi connectivity index (χ3v) is 2.75. The predicted octanol–water partition coefficient (Wildman–Crippen LogP) is 1.93. The summed E-state index contributed by atoms with van der Waals surface area (Å²) in [6.07, 6.45) is 1.60. The van der Waals surface area contributed by atoms with Crippen molar-refractivity contribution in [2.75, 3.05) is 18.6 Å². The molecule has 4 N–H and O–H groups in total. The van der Waals surface area contributed by atoms with Gasteiger partial charge in [-0.3, -0.25) is 0 Å². The number of methoxy groups -OCH3 is 1. The fourth-order valence-electron chi connectivity index (χ4n) is 1.95. The molecule has 1 heterocycles. The summed E-state index contributed by atoms with van der Waals surface area (Å²) >= 11 is 0. The lowest BCUT2D eigenvalue weighted by Crippen LogP contribution is -2.03. The average Bonchev–Trinajstić information content (AvgIpc) is 2.32. The Labute approximate surface area is 106 Å². The molecule has 0 aliphatic rings. The number of aryl methyl sites for hydroxylation is 2. The number of nitrogens with two attached hydrogens (primary N) is 2. The summed E-state index contributed by atoms with van der Waals surface area (Å²) in [6.45, 7) is 4.02. The molecule has 0 saturated carbocycles. The number of hydrogen-bond acceptors (Lipinski definition) is 5. The van der Waals surface area contributed by atoms with Gasteiger partial charge in [-0.2, -0.15) is 0 Å². The first-order valence-electron chi connectivity index (χ1n) is 5.56. The van der Waals surface area contributed by atoms with Gasteiger partial charge >= 0.3 is 0 Å². The van der Waals surface area contributed by atoms with Gasteiger partial charge in [-0.1, -0.05) is 6.07 Å². The largest absolute Gasteiger partial charge is 0.496 e. The number of nitrogens with zero attached hydrogens (tertiary/aromatic N) is 2. The minimum absolute atomic E-state index is 0.231. The van der Waals surface area contributed by atoms with Gasteiger partial charge in [-0.15, -0.1) is 0 Å². The summed E-state index contributed by atoms with van der Waals surface area (Å²) in [5.74, 6) is 1.22. The van der Waals surface area contributed by atoms with Crippen LogP contribution < -0.4 is 16.2 Å². The van der Waals surface area contributed by atoms with Gasteiger partial charge in [0.05, 0.1) is 19.0 Å². The quantitative estimate of drug-likeness (QED) is 0.842. The van der Waals surface area contributed by atoms with E-state index in [2.05, 4.69) is 16.0 Å². The van der Waals surface area contributed by atoms with Crippen molar-refractivity contribution in [1.29, 1.82) is 0 Å². The summed E-state index contributed by atoms with van der Waals surface area (Å²) in [7, 11) is 1.63. The van der Waals surface area contributed by atoms with Crippen LogP contribution in [0.3, 0.4) is 0 Å². The minimum atomic E-state index is 0.231. The van der Waals surface area contributed by atoms with E-state index in [9.17, 15) is 0 Å². The molecular formula is C13H16N4O. The number of ether oxygens (including phenoxy) is 1. The number of benzene rings is 1. The Morgan fingerprint density at radius 2 is 1.83 bits per heavy atom. The maximum atomic E-state index is 5.69. The molecule has 18 heavy (non-hydrogen) atoms. The van der Waals surface area contributed by atoms with Gasteiger partial charge < -0.3 is 16.2 Å². The molecule has 1 aromatic carbocycles. The molecule has 2 rings (SSSR count). The van der Waals surface area contributed by atoms with E-state index >= 15 is 0 Å². The molecule has 0 saturated heterocycles. The smallest absolute Gasteiger partial charge is 0.166 e. The second-order valence-electron chi connectivity index (χ2n) is 4.18. The van der Waals surface area contributed by atoms with E-state index in [1.165, 1.54) is 0 Å². The molecule has 0 unspecified atom stereocenters. The highest BCUT2D eigenvalue weighted by Crippen LogP contribution is 2.33. The van der Waals surface area contributed by atoms with Gasteiger partial charge in [-0.25, -0.2) is 9.97 Å². The molecule has 0 radical (unpaired) electrons. The van der Waals surface area contributed by atoms with Gasteiger partial charge in [0.1, 0.15) is 5.75 Å². The predicted molar refractivity (Wildman–Crippen MR) is 72.3 cm³/mol. The Morgan fingerprint density at radius 1 is 1.11 bits per heavy atom. The Hall–Kier alpha value is -2.30. The third-order valence-electron chi connectivity index (χ3n) is 2.75. The standard InChI is InChI=1S/C13H16N4O/c1-7-4-8(2)11(10(5-7)18-3)9-6-16-12(14)13(15)17-9/h4-6H,1-3H3,(H2,14,16)(H2,15,17). The normalized spacial score (nSPS) is 10.4. The molecule has 0 aliphatic heterocycles. The van der Waals surface area contributed by atoms with Crippen molar-refractivity contribution in [1.82, 2.24) is 9.97 Å². The number of aromatic nitrogens is 2. The summed E-state index contributed by atoms with van der Waals surface area (Å²) in [4.78, 5) is 8.28. The minimum Gasteiger partial charge on any atom is -0.496 e. The van der Waals surface area contributed by atoms with Gasteiger partial charge in [0.2, 0.25) is 0 Å². The molecular weight excluding hydrogens is 228 g/mol. The molecule has 0 fully saturated rings. The SMILES string of the molecule is COc1cc(C)cc(C)c1-c1cnc(N)c(N)n1. The molecule has 0 spiro atoms. The number of anilines is 2. The summed E-state index contributed by atoms with van der Waals surface area (Å²) < 4.78 is 5.39. The van der Waals surface area contributed by atoms with E-state index in [4.69, 9.17) is 16.2 Å². The van der Waals surface area contributed by atoms with Crippen LogP contribution in [-0.2, 0) is 0 Å². The molecule has 0 aliphatic carbocycles. The summed E-state index contributed by atoms with van der Waals surface area (Å²) in [5, 5.41) is 0. The van der Waals surface area contributed by atoms with E-state index in [0.717, 1.165) is 22.4 Å². The monoisotopic (exact) mass is 244 g/mol. The van der Waals surface area contributed by atoms with Crippen molar-refractivity contribution < 1.29 is 4.74 Å². The van der Waals surface area contributed by atoms with E-state index in [-0.39, 0.29) is 11.6 Å². The van der Waals surface area contributed by atoms with Crippen LogP contribution in [0.15, 0.2) is 18.3 Å². The zero-order valence-corrected chi connectivity index (χ0v) is 10.7. The Balaban J connectivity index is 2.66. The van der Waals surface area contributed by atoms with E-state index < -0.39 is 0 Å².